The smallest absolute Gasteiger partial charge is 0.126 e. The molecule has 2 heteroatoms. The average Bonchev–Trinajstić information content (AvgIpc) is 2.14. The van der Waals surface area contributed by atoms with E-state index in [4.69, 9.17) is 0 Å². The van der Waals surface area contributed by atoms with Gasteiger partial charge in [-0.3, -0.25) is 0 Å². The van der Waals surface area contributed by atoms with Crippen molar-refractivity contribution in [2.24, 2.45) is 22.7 Å². The summed E-state index contributed by atoms with van der Waals surface area (Å²) >= 11 is 0. The molecule has 0 aromatic rings. The van der Waals surface area contributed by atoms with Gasteiger partial charge in [0.25, 0.3) is 0 Å². The average molecular weight is 238 g/mol. The van der Waals surface area contributed by atoms with Crippen molar-refractivity contribution in [3.8, 4) is 0 Å². The number of carbonyl (C=O) groups is 1. The number of fused-ring (bicyclic) bond motifs is 1. The summed E-state index contributed by atoms with van der Waals surface area (Å²) in [4.78, 5) is 11.5. The molecule has 0 amide bonds. The van der Waals surface area contributed by atoms with Gasteiger partial charge in [0, 0.05) is 5.92 Å². The number of hydrogen-bond donors (Lipinski definition) is 1. The predicted molar refractivity (Wildman–Crippen MR) is 68.6 cm³/mol. The molecule has 0 aliphatic heterocycles. The van der Waals surface area contributed by atoms with E-state index in [1.54, 1.807) is 0 Å². The van der Waals surface area contributed by atoms with E-state index in [0.29, 0.717) is 11.3 Å². The minimum absolute atomic E-state index is 0.00868. The Kier molecular flexibility index (Phi) is 2.93. The number of carbonyl (C=O) groups excluding carboxylic acids is 1. The first-order valence-electron chi connectivity index (χ1n) is 6.92. The quantitative estimate of drug-likeness (QED) is 0.712. The van der Waals surface area contributed by atoms with Crippen molar-refractivity contribution in [1.29, 1.82) is 0 Å². The van der Waals surface area contributed by atoms with E-state index in [9.17, 15) is 9.90 Å². The largest absolute Gasteiger partial charge is 0.389 e. The normalized spacial score (nSPS) is 49.5. The molecule has 2 nitrogen and oxygen atoms in total. The molecule has 0 aromatic heterocycles. The van der Waals surface area contributed by atoms with E-state index in [1.807, 2.05) is 6.92 Å². The molecule has 2 aliphatic rings. The summed E-state index contributed by atoms with van der Waals surface area (Å²) in [5.74, 6) is 0.368. The minimum atomic E-state index is -0.805. The Balaban J connectivity index is 2.40. The van der Waals surface area contributed by atoms with Gasteiger partial charge in [0.05, 0.1) is 5.60 Å². The third kappa shape index (κ3) is 1.85. The van der Waals surface area contributed by atoms with Crippen LogP contribution in [0.4, 0.5) is 0 Å². The summed E-state index contributed by atoms with van der Waals surface area (Å²) in [6, 6.07) is 0. The molecule has 0 bridgehead atoms. The Morgan fingerprint density at radius 3 is 2.35 bits per heavy atom. The van der Waals surface area contributed by atoms with Crippen molar-refractivity contribution in [2.75, 3.05) is 0 Å². The lowest BCUT2D eigenvalue weighted by molar-refractivity contribution is -0.169. The fraction of sp³-hybridized carbons (Fsp3) is 0.933. The Labute approximate surface area is 105 Å². The molecular formula is C15H26O2. The first-order chi connectivity index (χ1) is 7.74. The van der Waals surface area contributed by atoms with Gasteiger partial charge in [-0.1, -0.05) is 27.2 Å². The SMILES string of the molecule is CC1(C)CCC[C@]2(C)[C@@H](C=O)[C@@](C)(O)CC[C@@H]12. The summed E-state index contributed by atoms with van der Waals surface area (Å²) in [6.45, 7) is 8.73. The zero-order valence-corrected chi connectivity index (χ0v) is 11.6. The Morgan fingerprint density at radius 2 is 1.76 bits per heavy atom. The predicted octanol–water partition coefficient (Wildman–Crippen LogP) is 3.18. The van der Waals surface area contributed by atoms with Crippen LogP contribution in [-0.2, 0) is 4.79 Å². The molecule has 1 N–H and O–H groups in total. The van der Waals surface area contributed by atoms with Crippen LogP contribution in [0.15, 0.2) is 0 Å². The van der Waals surface area contributed by atoms with E-state index in [1.165, 1.54) is 12.8 Å². The van der Waals surface area contributed by atoms with Crippen molar-refractivity contribution in [3.63, 3.8) is 0 Å². The van der Waals surface area contributed by atoms with E-state index in [2.05, 4.69) is 20.8 Å². The highest BCUT2D eigenvalue weighted by Gasteiger charge is 2.57. The fourth-order valence-electron chi connectivity index (χ4n) is 4.86. The Bertz CT molecular complexity index is 319. The highest BCUT2D eigenvalue weighted by atomic mass is 16.3. The van der Waals surface area contributed by atoms with E-state index < -0.39 is 5.60 Å². The van der Waals surface area contributed by atoms with Crippen LogP contribution in [0, 0.1) is 22.7 Å². The molecule has 2 saturated carbocycles. The Hall–Kier alpha value is -0.370. The van der Waals surface area contributed by atoms with E-state index >= 15 is 0 Å². The number of rotatable bonds is 1. The van der Waals surface area contributed by atoms with Crippen molar-refractivity contribution in [2.45, 2.75) is 65.4 Å². The molecule has 2 fully saturated rings. The van der Waals surface area contributed by atoms with Gasteiger partial charge < -0.3 is 9.90 Å². The zero-order chi connectivity index (χ0) is 12.9. The minimum Gasteiger partial charge on any atom is -0.389 e. The molecule has 17 heavy (non-hydrogen) atoms. The maximum absolute atomic E-state index is 11.5. The van der Waals surface area contributed by atoms with Gasteiger partial charge >= 0.3 is 0 Å². The first-order valence-corrected chi connectivity index (χ1v) is 6.92. The lowest BCUT2D eigenvalue weighted by Gasteiger charge is -2.59. The lowest BCUT2D eigenvalue weighted by atomic mass is 9.46. The molecular weight excluding hydrogens is 212 g/mol. The van der Waals surface area contributed by atoms with Crippen molar-refractivity contribution in [3.05, 3.63) is 0 Å². The molecule has 0 unspecified atom stereocenters. The number of aliphatic hydroxyl groups is 1. The van der Waals surface area contributed by atoms with Crippen molar-refractivity contribution < 1.29 is 9.90 Å². The molecule has 0 spiro atoms. The summed E-state index contributed by atoms with van der Waals surface area (Å²) in [7, 11) is 0. The molecule has 4 atom stereocenters. The van der Waals surface area contributed by atoms with Gasteiger partial charge in [-0.05, 0) is 49.4 Å². The Morgan fingerprint density at radius 1 is 1.12 bits per heavy atom. The van der Waals surface area contributed by atoms with Crippen LogP contribution in [0.3, 0.4) is 0 Å². The molecule has 2 aliphatic carbocycles. The van der Waals surface area contributed by atoms with Crippen molar-refractivity contribution >= 4 is 6.29 Å². The highest BCUT2D eigenvalue weighted by Crippen LogP contribution is 2.61. The maximum atomic E-state index is 11.5. The monoisotopic (exact) mass is 238 g/mol. The van der Waals surface area contributed by atoms with Gasteiger partial charge in [-0.25, -0.2) is 0 Å². The molecule has 0 heterocycles. The van der Waals surface area contributed by atoms with Crippen LogP contribution in [0.2, 0.25) is 0 Å². The standard InChI is InChI=1S/C15H26O2/c1-13(2)7-5-8-14(3)11(13)6-9-15(4,17)12(14)10-16/h10-12,17H,5-9H2,1-4H3/t11-,12+,14-,15-/m0/s1. The number of aldehydes is 1. The molecule has 0 aromatic carbocycles. The maximum Gasteiger partial charge on any atom is 0.126 e. The molecule has 98 valence electrons. The van der Waals surface area contributed by atoms with Gasteiger partial charge in [-0.15, -0.1) is 0 Å². The summed E-state index contributed by atoms with van der Waals surface area (Å²) in [5.41, 5.74) is -0.504. The first kappa shape index (κ1) is 13.1. The van der Waals surface area contributed by atoms with E-state index in [0.717, 1.165) is 25.5 Å². The second kappa shape index (κ2) is 3.81. The van der Waals surface area contributed by atoms with Crippen LogP contribution in [0.1, 0.15) is 59.8 Å². The third-order valence-electron chi connectivity index (χ3n) is 5.73. The number of hydrogen-bond acceptors (Lipinski definition) is 2. The van der Waals surface area contributed by atoms with Crippen LogP contribution < -0.4 is 0 Å². The second-order valence-corrected chi connectivity index (χ2v) is 7.41. The van der Waals surface area contributed by atoms with Gasteiger partial charge in [0.15, 0.2) is 0 Å². The summed E-state index contributed by atoms with van der Waals surface area (Å²) in [6.07, 6.45) is 6.36. The molecule has 2 rings (SSSR count). The van der Waals surface area contributed by atoms with Gasteiger partial charge in [0.2, 0.25) is 0 Å². The second-order valence-electron chi connectivity index (χ2n) is 7.41. The summed E-state index contributed by atoms with van der Waals surface area (Å²) < 4.78 is 0. The van der Waals surface area contributed by atoms with Crippen LogP contribution in [0.25, 0.3) is 0 Å². The third-order valence-corrected chi connectivity index (χ3v) is 5.73. The zero-order valence-electron chi connectivity index (χ0n) is 11.6. The van der Waals surface area contributed by atoms with Crippen LogP contribution in [0.5, 0.6) is 0 Å². The molecule has 0 radical (unpaired) electrons. The van der Waals surface area contributed by atoms with Gasteiger partial charge in [0.1, 0.15) is 6.29 Å². The topological polar surface area (TPSA) is 37.3 Å². The fourth-order valence-corrected chi connectivity index (χ4v) is 4.86. The van der Waals surface area contributed by atoms with Crippen LogP contribution in [-0.4, -0.2) is 17.0 Å². The van der Waals surface area contributed by atoms with Gasteiger partial charge in [-0.2, -0.15) is 0 Å². The molecule has 0 saturated heterocycles. The highest BCUT2D eigenvalue weighted by molar-refractivity contribution is 5.58. The van der Waals surface area contributed by atoms with E-state index in [-0.39, 0.29) is 11.3 Å². The summed E-state index contributed by atoms with van der Waals surface area (Å²) in [5, 5.41) is 10.5. The van der Waals surface area contributed by atoms with Crippen LogP contribution >= 0.6 is 0 Å². The van der Waals surface area contributed by atoms with Crippen molar-refractivity contribution in [1.82, 2.24) is 0 Å². The lowest BCUT2D eigenvalue weighted by Crippen LogP contribution is -2.58.